The molecule has 0 fully saturated rings. The number of nitrogens with one attached hydrogen (secondary N) is 1. The molecule has 2 rings (SSSR count). The van der Waals surface area contributed by atoms with Crippen LogP contribution in [0.2, 0.25) is 5.02 Å². The SMILES string of the molecule is Cc1ccc(NC(=O)c2cccnc2SC(F)F)cc1Cl. The maximum atomic E-state index is 12.5. The van der Waals surface area contributed by atoms with Gasteiger partial charge in [-0.2, -0.15) is 8.78 Å². The molecule has 0 saturated heterocycles. The van der Waals surface area contributed by atoms with Crippen LogP contribution in [-0.4, -0.2) is 16.6 Å². The van der Waals surface area contributed by atoms with Gasteiger partial charge >= 0.3 is 0 Å². The molecule has 1 aromatic carbocycles. The van der Waals surface area contributed by atoms with Crippen molar-refractivity contribution >= 4 is 35.0 Å². The van der Waals surface area contributed by atoms with E-state index in [0.29, 0.717) is 10.7 Å². The van der Waals surface area contributed by atoms with Gasteiger partial charge in [-0.05, 0) is 48.5 Å². The van der Waals surface area contributed by atoms with Crippen molar-refractivity contribution in [2.24, 2.45) is 0 Å². The Balaban J connectivity index is 2.22. The highest BCUT2D eigenvalue weighted by Gasteiger charge is 2.16. The molecule has 3 nitrogen and oxygen atoms in total. The second-order valence-corrected chi connectivity index (χ2v) is 5.54. The first-order chi connectivity index (χ1) is 9.97. The van der Waals surface area contributed by atoms with Gasteiger partial charge in [-0.25, -0.2) is 4.98 Å². The highest BCUT2D eigenvalue weighted by Crippen LogP contribution is 2.27. The molecule has 0 aliphatic carbocycles. The Bertz CT molecular complexity index is 667. The number of nitrogens with zero attached hydrogens (tertiary/aromatic N) is 1. The van der Waals surface area contributed by atoms with Gasteiger partial charge in [0, 0.05) is 16.9 Å². The number of anilines is 1. The molecule has 0 spiro atoms. The molecule has 21 heavy (non-hydrogen) atoms. The van der Waals surface area contributed by atoms with Crippen molar-refractivity contribution in [1.82, 2.24) is 4.98 Å². The Hall–Kier alpha value is -1.66. The number of alkyl halides is 2. The van der Waals surface area contributed by atoms with E-state index in [1.54, 1.807) is 18.2 Å². The van der Waals surface area contributed by atoms with Gasteiger partial charge in [-0.1, -0.05) is 17.7 Å². The topological polar surface area (TPSA) is 42.0 Å². The molecular formula is C14H11ClF2N2OS. The van der Waals surface area contributed by atoms with Gasteiger partial charge < -0.3 is 5.32 Å². The highest BCUT2D eigenvalue weighted by molar-refractivity contribution is 7.99. The lowest BCUT2D eigenvalue weighted by atomic mass is 10.2. The van der Waals surface area contributed by atoms with E-state index < -0.39 is 11.7 Å². The van der Waals surface area contributed by atoms with Crippen molar-refractivity contribution in [3.8, 4) is 0 Å². The number of pyridine rings is 1. The van der Waals surface area contributed by atoms with Crippen LogP contribution in [0.3, 0.4) is 0 Å². The van der Waals surface area contributed by atoms with Gasteiger partial charge in [0.15, 0.2) is 0 Å². The number of aromatic nitrogens is 1. The van der Waals surface area contributed by atoms with Crippen LogP contribution in [0.15, 0.2) is 41.6 Å². The Labute approximate surface area is 129 Å². The molecule has 2 aromatic rings. The van der Waals surface area contributed by atoms with E-state index in [4.69, 9.17) is 11.6 Å². The summed E-state index contributed by atoms with van der Waals surface area (Å²) in [5, 5.41) is 3.12. The normalized spacial score (nSPS) is 10.7. The van der Waals surface area contributed by atoms with Crippen molar-refractivity contribution in [2.75, 3.05) is 5.32 Å². The van der Waals surface area contributed by atoms with E-state index in [0.717, 1.165) is 5.56 Å². The van der Waals surface area contributed by atoms with Crippen LogP contribution in [0.1, 0.15) is 15.9 Å². The molecule has 0 bridgehead atoms. The first-order valence-electron chi connectivity index (χ1n) is 5.94. The fraction of sp³-hybridized carbons (Fsp3) is 0.143. The number of benzene rings is 1. The first-order valence-corrected chi connectivity index (χ1v) is 7.20. The molecule has 0 aliphatic heterocycles. The third-order valence-electron chi connectivity index (χ3n) is 2.65. The number of amides is 1. The molecule has 0 radical (unpaired) electrons. The number of hydrogen-bond acceptors (Lipinski definition) is 3. The minimum absolute atomic E-state index is 0.0109. The average Bonchev–Trinajstić information content (AvgIpc) is 2.43. The maximum absolute atomic E-state index is 12.5. The van der Waals surface area contributed by atoms with Crippen LogP contribution >= 0.6 is 23.4 Å². The summed E-state index contributed by atoms with van der Waals surface area (Å²) in [6.45, 7) is 1.84. The fourth-order valence-electron chi connectivity index (χ4n) is 1.61. The van der Waals surface area contributed by atoms with Crippen molar-refractivity contribution < 1.29 is 13.6 Å². The number of thioether (sulfide) groups is 1. The van der Waals surface area contributed by atoms with Crippen molar-refractivity contribution in [1.29, 1.82) is 0 Å². The average molecular weight is 329 g/mol. The van der Waals surface area contributed by atoms with Crippen LogP contribution in [-0.2, 0) is 0 Å². The lowest BCUT2D eigenvalue weighted by Crippen LogP contribution is -2.14. The van der Waals surface area contributed by atoms with Crippen molar-refractivity contribution in [2.45, 2.75) is 17.7 Å². The van der Waals surface area contributed by atoms with E-state index in [2.05, 4.69) is 10.3 Å². The maximum Gasteiger partial charge on any atom is 0.290 e. The van der Waals surface area contributed by atoms with E-state index in [9.17, 15) is 13.6 Å². The van der Waals surface area contributed by atoms with Crippen LogP contribution < -0.4 is 5.32 Å². The molecule has 1 heterocycles. The number of carbonyl (C=O) groups excluding carboxylic acids is 1. The molecule has 1 amide bonds. The summed E-state index contributed by atoms with van der Waals surface area (Å²) < 4.78 is 24.9. The van der Waals surface area contributed by atoms with Gasteiger partial charge in [0.05, 0.1) is 5.56 Å². The third-order valence-corrected chi connectivity index (χ3v) is 3.78. The molecule has 1 N–H and O–H groups in total. The van der Waals surface area contributed by atoms with E-state index in [-0.39, 0.29) is 22.4 Å². The zero-order valence-electron chi connectivity index (χ0n) is 10.9. The smallest absolute Gasteiger partial charge is 0.290 e. The second-order valence-electron chi connectivity index (χ2n) is 4.15. The Morgan fingerprint density at radius 2 is 2.14 bits per heavy atom. The molecule has 7 heteroatoms. The van der Waals surface area contributed by atoms with Gasteiger partial charge in [-0.15, -0.1) is 0 Å². The number of aryl methyl sites for hydroxylation is 1. The highest BCUT2D eigenvalue weighted by atomic mass is 35.5. The summed E-state index contributed by atoms with van der Waals surface area (Å²) in [5.41, 5.74) is 1.47. The summed E-state index contributed by atoms with van der Waals surface area (Å²) in [4.78, 5) is 16.0. The number of hydrogen-bond donors (Lipinski definition) is 1. The summed E-state index contributed by atoms with van der Waals surface area (Å²) in [5.74, 6) is -3.15. The number of carbonyl (C=O) groups is 1. The summed E-state index contributed by atoms with van der Waals surface area (Å²) >= 11 is 6.21. The molecule has 0 unspecified atom stereocenters. The summed E-state index contributed by atoms with van der Waals surface area (Å²) in [6.07, 6.45) is 1.37. The fourth-order valence-corrected chi connectivity index (χ4v) is 2.37. The van der Waals surface area contributed by atoms with Crippen LogP contribution in [0.5, 0.6) is 0 Å². The largest absolute Gasteiger partial charge is 0.322 e. The predicted octanol–water partition coefficient (Wildman–Crippen LogP) is 4.61. The van der Waals surface area contributed by atoms with E-state index in [1.165, 1.54) is 18.3 Å². The van der Waals surface area contributed by atoms with Gasteiger partial charge in [0.1, 0.15) is 5.03 Å². The van der Waals surface area contributed by atoms with E-state index >= 15 is 0 Å². The lowest BCUT2D eigenvalue weighted by molar-refractivity contribution is 0.102. The molecule has 0 atom stereocenters. The predicted molar refractivity (Wildman–Crippen MR) is 80.2 cm³/mol. The number of rotatable bonds is 4. The van der Waals surface area contributed by atoms with Crippen LogP contribution in [0.25, 0.3) is 0 Å². The van der Waals surface area contributed by atoms with Gasteiger partial charge in [0.2, 0.25) is 0 Å². The van der Waals surface area contributed by atoms with Crippen LogP contribution in [0.4, 0.5) is 14.5 Å². The molecule has 110 valence electrons. The lowest BCUT2D eigenvalue weighted by Gasteiger charge is -2.09. The minimum Gasteiger partial charge on any atom is -0.322 e. The summed E-state index contributed by atoms with van der Waals surface area (Å²) in [7, 11) is 0. The third kappa shape index (κ3) is 4.15. The summed E-state index contributed by atoms with van der Waals surface area (Å²) in [6, 6.07) is 8.02. The quantitative estimate of drug-likeness (QED) is 0.833. The molecule has 0 aliphatic rings. The molecular weight excluding hydrogens is 318 g/mol. The standard InChI is InChI=1S/C14H11ClF2N2OS/c1-8-4-5-9(7-11(8)15)19-12(20)10-3-2-6-18-13(10)21-14(16)17/h2-7,14H,1H3,(H,19,20). The van der Waals surface area contributed by atoms with Crippen molar-refractivity contribution in [3.05, 3.63) is 52.7 Å². The Kier molecular flexibility index (Phi) is 5.14. The van der Waals surface area contributed by atoms with Crippen molar-refractivity contribution in [3.63, 3.8) is 0 Å². The number of halogens is 3. The second kappa shape index (κ2) is 6.87. The first kappa shape index (κ1) is 15.7. The molecule has 0 saturated carbocycles. The van der Waals surface area contributed by atoms with Crippen LogP contribution in [0, 0.1) is 6.92 Å². The zero-order valence-corrected chi connectivity index (χ0v) is 12.5. The zero-order chi connectivity index (χ0) is 15.4. The Morgan fingerprint density at radius 1 is 1.38 bits per heavy atom. The minimum atomic E-state index is -2.64. The van der Waals surface area contributed by atoms with Gasteiger partial charge in [0.25, 0.3) is 11.7 Å². The van der Waals surface area contributed by atoms with Gasteiger partial charge in [-0.3, -0.25) is 4.79 Å². The Morgan fingerprint density at radius 3 is 2.81 bits per heavy atom. The van der Waals surface area contributed by atoms with E-state index in [1.807, 2.05) is 6.92 Å². The molecule has 1 aromatic heterocycles. The monoisotopic (exact) mass is 328 g/mol.